The number of hydrogen-bond donors (Lipinski definition) is 1. The summed E-state index contributed by atoms with van der Waals surface area (Å²) in [5.41, 5.74) is 5.59. The number of rotatable bonds is 4. The lowest BCUT2D eigenvalue weighted by molar-refractivity contribution is -0.135. The predicted molar refractivity (Wildman–Crippen MR) is 120 cm³/mol. The van der Waals surface area contributed by atoms with Gasteiger partial charge in [0, 0.05) is 52.0 Å². The van der Waals surface area contributed by atoms with Gasteiger partial charge in [-0.2, -0.15) is 0 Å². The molecule has 1 aliphatic carbocycles. The molecular weight excluding hydrogens is 421 g/mol. The maximum atomic E-state index is 12.5. The topological polar surface area (TPSA) is 65.7 Å². The Balaban J connectivity index is 0.00000131. The van der Waals surface area contributed by atoms with Crippen molar-refractivity contribution >= 4 is 48.9 Å². The van der Waals surface area contributed by atoms with Crippen molar-refractivity contribution in [3.63, 3.8) is 0 Å². The van der Waals surface area contributed by atoms with Gasteiger partial charge in [-0.25, -0.2) is 4.98 Å². The molecule has 6 nitrogen and oxygen atoms in total. The Labute approximate surface area is 186 Å². The zero-order chi connectivity index (χ0) is 17.3. The molecule has 1 saturated carbocycles. The predicted octanol–water partition coefficient (Wildman–Crippen LogP) is 2.20. The lowest BCUT2D eigenvalue weighted by Gasteiger charge is -2.40. The Bertz CT molecular complexity index is 609. The highest BCUT2D eigenvalue weighted by Gasteiger charge is 2.48. The van der Waals surface area contributed by atoms with Crippen LogP contribution < -0.4 is 10.6 Å². The van der Waals surface area contributed by atoms with Gasteiger partial charge in [0.15, 0.2) is 0 Å². The minimum atomic E-state index is -0.518. The fourth-order valence-corrected chi connectivity index (χ4v) is 4.13. The van der Waals surface area contributed by atoms with Crippen LogP contribution in [0.5, 0.6) is 0 Å². The van der Waals surface area contributed by atoms with Crippen molar-refractivity contribution in [2.24, 2.45) is 11.7 Å². The summed E-state index contributed by atoms with van der Waals surface area (Å²) in [5.74, 6) is 1.85. The third-order valence-corrected chi connectivity index (χ3v) is 5.88. The summed E-state index contributed by atoms with van der Waals surface area (Å²) in [5, 5.41) is 0. The lowest BCUT2D eigenvalue weighted by atomic mass is 9.96. The van der Waals surface area contributed by atoms with E-state index in [0.29, 0.717) is 5.92 Å². The van der Waals surface area contributed by atoms with Gasteiger partial charge in [0.05, 0.1) is 5.54 Å². The van der Waals surface area contributed by atoms with Crippen LogP contribution in [-0.4, -0.2) is 72.0 Å². The van der Waals surface area contributed by atoms with Gasteiger partial charge in [0.25, 0.3) is 0 Å². The molecule has 0 aromatic carbocycles. The van der Waals surface area contributed by atoms with Crippen LogP contribution in [0.4, 0.5) is 5.82 Å². The molecule has 28 heavy (non-hydrogen) atoms. The maximum Gasteiger partial charge on any atom is 0.242 e. The van der Waals surface area contributed by atoms with Crippen molar-refractivity contribution in [3.8, 4) is 0 Å². The van der Waals surface area contributed by atoms with Crippen molar-refractivity contribution in [1.29, 1.82) is 0 Å². The van der Waals surface area contributed by atoms with Gasteiger partial charge >= 0.3 is 0 Å². The summed E-state index contributed by atoms with van der Waals surface area (Å²) in [6, 6.07) is 6.09. The fourth-order valence-electron chi connectivity index (χ4n) is 4.13. The molecule has 3 aliphatic rings. The van der Waals surface area contributed by atoms with Crippen LogP contribution in [0.3, 0.4) is 0 Å². The van der Waals surface area contributed by atoms with E-state index in [0.717, 1.165) is 70.9 Å². The molecule has 9 heteroatoms. The Hall–Kier alpha value is -0.790. The highest BCUT2D eigenvalue weighted by molar-refractivity contribution is 5.89. The molecule has 1 atom stereocenters. The van der Waals surface area contributed by atoms with E-state index in [2.05, 4.69) is 20.9 Å². The van der Waals surface area contributed by atoms with Crippen molar-refractivity contribution in [2.45, 2.75) is 31.2 Å². The molecule has 3 fully saturated rings. The number of anilines is 1. The number of piperazine rings is 1. The zero-order valence-corrected chi connectivity index (χ0v) is 18.6. The van der Waals surface area contributed by atoms with E-state index in [4.69, 9.17) is 5.73 Å². The van der Waals surface area contributed by atoms with Gasteiger partial charge in [-0.15, -0.1) is 37.2 Å². The van der Waals surface area contributed by atoms with Gasteiger partial charge in [0.1, 0.15) is 5.82 Å². The van der Waals surface area contributed by atoms with Gasteiger partial charge in [-0.05, 0) is 43.7 Å². The molecule has 1 amide bonds. The number of aromatic nitrogens is 1. The van der Waals surface area contributed by atoms with Gasteiger partial charge in [0.2, 0.25) is 5.91 Å². The molecule has 160 valence electrons. The Morgan fingerprint density at radius 2 is 1.82 bits per heavy atom. The molecule has 0 bridgehead atoms. The second kappa shape index (κ2) is 10.8. The smallest absolute Gasteiger partial charge is 0.242 e. The molecule has 3 heterocycles. The van der Waals surface area contributed by atoms with Crippen LogP contribution in [0.25, 0.3) is 0 Å². The largest absolute Gasteiger partial charge is 0.354 e. The van der Waals surface area contributed by atoms with Gasteiger partial charge in [-0.1, -0.05) is 6.07 Å². The molecule has 0 spiro atoms. The number of hydrogen-bond acceptors (Lipinski definition) is 5. The average Bonchev–Trinajstić information content (AvgIpc) is 3.41. The minimum absolute atomic E-state index is 0. The molecule has 2 aliphatic heterocycles. The van der Waals surface area contributed by atoms with Crippen LogP contribution in [0.1, 0.15) is 25.7 Å². The summed E-state index contributed by atoms with van der Waals surface area (Å²) < 4.78 is 0. The van der Waals surface area contributed by atoms with E-state index in [-0.39, 0.29) is 43.1 Å². The minimum Gasteiger partial charge on any atom is -0.354 e. The van der Waals surface area contributed by atoms with Crippen LogP contribution in [0.2, 0.25) is 0 Å². The third kappa shape index (κ3) is 5.86. The van der Waals surface area contributed by atoms with Crippen molar-refractivity contribution in [1.82, 2.24) is 14.8 Å². The SMILES string of the molecule is Cl.Cl.Cl.NC1(C(=O)N2CCCC(CN3CCN(c4ccccn4)CC3)C2)CC1. The number of halogens is 3. The van der Waals surface area contributed by atoms with Crippen LogP contribution in [0.15, 0.2) is 24.4 Å². The number of nitrogens with zero attached hydrogens (tertiary/aromatic N) is 4. The van der Waals surface area contributed by atoms with Crippen molar-refractivity contribution in [3.05, 3.63) is 24.4 Å². The van der Waals surface area contributed by atoms with Crippen LogP contribution in [-0.2, 0) is 4.79 Å². The van der Waals surface area contributed by atoms with E-state index in [1.54, 1.807) is 0 Å². The van der Waals surface area contributed by atoms with Gasteiger partial charge < -0.3 is 15.5 Å². The molecule has 2 saturated heterocycles. The van der Waals surface area contributed by atoms with Crippen molar-refractivity contribution in [2.75, 3.05) is 50.7 Å². The maximum absolute atomic E-state index is 12.5. The molecular formula is C19H32Cl3N5O. The average molecular weight is 453 g/mol. The Morgan fingerprint density at radius 1 is 1.11 bits per heavy atom. The number of piperidine rings is 1. The highest BCUT2D eigenvalue weighted by atomic mass is 35.5. The first kappa shape index (κ1) is 25.2. The molecule has 1 aromatic heterocycles. The first-order valence-electron chi connectivity index (χ1n) is 9.61. The number of carbonyl (C=O) groups is 1. The van der Waals surface area contributed by atoms with Crippen LogP contribution in [0, 0.1) is 5.92 Å². The molecule has 1 unspecified atom stereocenters. The Morgan fingerprint density at radius 3 is 2.43 bits per heavy atom. The summed E-state index contributed by atoms with van der Waals surface area (Å²) in [6.07, 6.45) is 5.92. The Kier molecular flexibility index (Phi) is 9.77. The molecule has 4 rings (SSSR count). The van der Waals surface area contributed by atoms with Crippen LogP contribution >= 0.6 is 37.2 Å². The highest BCUT2D eigenvalue weighted by Crippen LogP contribution is 2.35. The first-order valence-corrected chi connectivity index (χ1v) is 9.61. The van der Waals surface area contributed by atoms with Crippen molar-refractivity contribution < 1.29 is 4.79 Å². The standard InChI is InChI=1S/C19H29N5O.3ClH/c20-19(6-7-19)18(25)24-9-3-4-16(15-24)14-22-10-12-23(13-11-22)17-5-1-2-8-21-17;;;/h1-2,5,8,16H,3-4,6-7,9-15,20H2;3*1H. The second-order valence-corrected chi connectivity index (χ2v) is 7.89. The van der Waals surface area contributed by atoms with E-state index >= 15 is 0 Å². The lowest BCUT2D eigenvalue weighted by Crippen LogP contribution is -2.53. The number of amides is 1. The first-order chi connectivity index (χ1) is 12.1. The van der Waals surface area contributed by atoms with E-state index in [1.165, 1.54) is 6.42 Å². The normalized spacial score (nSPS) is 23.7. The number of carbonyl (C=O) groups excluding carboxylic acids is 1. The zero-order valence-electron chi connectivity index (χ0n) is 16.2. The van der Waals surface area contributed by atoms with E-state index in [9.17, 15) is 4.79 Å². The monoisotopic (exact) mass is 451 g/mol. The number of likely N-dealkylation sites (tertiary alicyclic amines) is 1. The summed E-state index contributed by atoms with van der Waals surface area (Å²) >= 11 is 0. The third-order valence-electron chi connectivity index (χ3n) is 5.88. The quantitative estimate of drug-likeness (QED) is 0.758. The summed E-state index contributed by atoms with van der Waals surface area (Å²) in [4.78, 5) is 23.9. The molecule has 2 N–H and O–H groups in total. The van der Waals surface area contributed by atoms with E-state index in [1.807, 2.05) is 23.2 Å². The van der Waals surface area contributed by atoms with Gasteiger partial charge in [-0.3, -0.25) is 9.69 Å². The molecule has 1 aromatic rings. The number of pyridine rings is 1. The second-order valence-electron chi connectivity index (χ2n) is 7.89. The fraction of sp³-hybridized carbons (Fsp3) is 0.684. The summed E-state index contributed by atoms with van der Waals surface area (Å²) in [7, 11) is 0. The summed E-state index contributed by atoms with van der Waals surface area (Å²) in [6.45, 7) is 7.07. The van der Waals surface area contributed by atoms with E-state index < -0.39 is 5.54 Å². The molecule has 0 radical (unpaired) electrons. The number of nitrogens with two attached hydrogens (primary N) is 1.